The second-order valence-corrected chi connectivity index (χ2v) is 5.13. The number of nitrogens with zero attached hydrogens (tertiary/aromatic N) is 1. The SMILES string of the molecule is CCCCN1Cc2cc(Br)ccc2OCC1=O. The van der Waals surface area contributed by atoms with Crippen molar-refractivity contribution >= 4 is 21.8 Å². The van der Waals surface area contributed by atoms with Gasteiger partial charge in [-0.25, -0.2) is 0 Å². The second-order valence-electron chi connectivity index (χ2n) is 4.21. The van der Waals surface area contributed by atoms with E-state index in [0.29, 0.717) is 6.54 Å². The van der Waals surface area contributed by atoms with Gasteiger partial charge in [-0.05, 0) is 24.6 Å². The number of unbranched alkanes of at least 4 members (excludes halogenated alkanes) is 1. The molecule has 0 aliphatic carbocycles. The van der Waals surface area contributed by atoms with E-state index >= 15 is 0 Å². The zero-order chi connectivity index (χ0) is 12.3. The normalized spacial score (nSPS) is 15.2. The Bertz CT molecular complexity index is 420. The molecule has 1 aromatic rings. The molecule has 1 aromatic carbocycles. The van der Waals surface area contributed by atoms with Crippen molar-refractivity contribution in [1.29, 1.82) is 0 Å². The molecule has 0 radical (unpaired) electrons. The second kappa shape index (κ2) is 5.54. The van der Waals surface area contributed by atoms with Crippen LogP contribution in [0.5, 0.6) is 5.75 Å². The van der Waals surface area contributed by atoms with Gasteiger partial charge in [-0.15, -0.1) is 0 Å². The summed E-state index contributed by atoms with van der Waals surface area (Å²) in [6, 6.07) is 5.87. The van der Waals surface area contributed by atoms with Crippen molar-refractivity contribution in [2.24, 2.45) is 0 Å². The number of fused-ring (bicyclic) bond motifs is 1. The molecule has 0 saturated heterocycles. The van der Waals surface area contributed by atoms with Crippen molar-refractivity contribution in [2.75, 3.05) is 13.2 Å². The average Bonchev–Trinajstić information content (AvgIpc) is 2.46. The maximum absolute atomic E-state index is 11.9. The first kappa shape index (κ1) is 12.4. The van der Waals surface area contributed by atoms with Crippen LogP contribution in [-0.4, -0.2) is 24.0 Å². The third-order valence-electron chi connectivity index (χ3n) is 2.87. The summed E-state index contributed by atoms with van der Waals surface area (Å²) in [5.41, 5.74) is 1.07. The molecule has 1 aliphatic heterocycles. The molecule has 0 aromatic heterocycles. The number of hydrogen-bond acceptors (Lipinski definition) is 2. The van der Waals surface area contributed by atoms with Crippen LogP contribution in [-0.2, 0) is 11.3 Å². The van der Waals surface area contributed by atoms with Crippen LogP contribution < -0.4 is 4.74 Å². The molecule has 1 amide bonds. The molecule has 4 heteroatoms. The van der Waals surface area contributed by atoms with Crippen LogP contribution in [0.25, 0.3) is 0 Å². The lowest BCUT2D eigenvalue weighted by atomic mass is 10.2. The average molecular weight is 298 g/mol. The Kier molecular flexibility index (Phi) is 4.05. The van der Waals surface area contributed by atoms with E-state index in [4.69, 9.17) is 4.74 Å². The van der Waals surface area contributed by atoms with E-state index in [9.17, 15) is 4.79 Å². The van der Waals surface area contributed by atoms with Crippen molar-refractivity contribution in [3.63, 3.8) is 0 Å². The van der Waals surface area contributed by atoms with Crippen LogP contribution in [0.15, 0.2) is 22.7 Å². The zero-order valence-corrected chi connectivity index (χ0v) is 11.5. The molecule has 0 spiro atoms. The van der Waals surface area contributed by atoms with Crippen LogP contribution in [0.2, 0.25) is 0 Å². The highest BCUT2D eigenvalue weighted by atomic mass is 79.9. The van der Waals surface area contributed by atoms with E-state index in [1.807, 2.05) is 23.1 Å². The summed E-state index contributed by atoms with van der Waals surface area (Å²) in [5.74, 6) is 0.895. The molecule has 0 unspecified atom stereocenters. The zero-order valence-electron chi connectivity index (χ0n) is 9.91. The largest absolute Gasteiger partial charge is 0.483 e. The van der Waals surface area contributed by atoms with Gasteiger partial charge in [0, 0.05) is 23.1 Å². The molecule has 1 heterocycles. The highest BCUT2D eigenvalue weighted by Crippen LogP contribution is 2.26. The first-order chi connectivity index (χ1) is 8.20. The number of halogens is 1. The first-order valence-electron chi connectivity index (χ1n) is 5.89. The van der Waals surface area contributed by atoms with Crippen molar-refractivity contribution in [1.82, 2.24) is 4.90 Å². The minimum atomic E-state index is 0.0748. The molecule has 3 nitrogen and oxygen atoms in total. The molecule has 0 bridgehead atoms. The summed E-state index contributed by atoms with van der Waals surface area (Å²) < 4.78 is 6.53. The van der Waals surface area contributed by atoms with Crippen LogP contribution >= 0.6 is 15.9 Å². The lowest BCUT2D eigenvalue weighted by Gasteiger charge is -2.19. The topological polar surface area (TPSA) is 29.5 Å². The highest BCUT2D eigenvalue weighted by Gasteiger charge is 2.20. The van der Waals surface area contributed by atoms with Gasteiger partial charge in [0.1, 0.15) is 5.75 Å². The Hall–Kier alpha value is -1.03. The summed E-state index contributed by atoms with van der Waals surface area (Å²) in [4.78, 5) is 13.7. The molecular weight excluding hydrogens is 282 g/mol. The van der Waals surface area contributed by atoms with Crippen LogP contribution in [0, 0.1) is 0 Å². The number of rotatable bonds is 3. The van der Waals surface area contributed by atoms with Gasteiger partial charge in [-0.1, -0.05) is 29.3 Å². The fourth-order valence-electron chi connectivity index (χ4n) is 1.89. The molecule has 0 N–H and O–H groups in total. The van der Waals surface area contributed by atoms with Crippen LogP contribution in [0.4, 0.5) is 0 Å². The minimum Gasteiger partial charge on any atom is -0.483 e. The third kappa shape index (κ3) is 3.00. The van der Waals surface area contributed by atoms with Gasteiger partial charge >= 0.3 is 0 Å². The summed E-state index contributed by atoms with van der Waals surface area (Å²) >= 11 is 3.44. The fourth-order valence-corrected chi connectivity index (χ4v) is 2.30. The highest BCUT2D eigenvalue weighted by molar-refractivity contribution is 9.10. The molecule has 0 fully saturated rings. The van der Waals surface area contributed by atoms with E-state index in [0.717, 1.165) is 35.2 Å². The lowest BCUT2D eigenvalue weighted by molar-refractivity contribution is -0.133. The van der Waals surface area contributed by atoms with Crippen LogP contribution in [0.3, 0.4) is 0 Å². The predicted octanol–water partition coefficient (Wildman–Crippen LogP) is 2.97. The fraction of sp³-hybridized carbons (Fsp3) is 0.462. The van der Waals surface area contributed by atoms with Gasteiger partial charge < -0.3 is 9.64 Å². The van der Waals surface area contributed by atoms with E-state index in [2.05, 4.69) is 22.9 Å². The van der Waals surface area contributed by atoms with Crippen molar-refractivity contribution < 1.29 is 9.53 Å². The summed E-state index contributed by atoms with van der Waals surface area (Å²) in [5, 5.41) is 0. The van der Waals surface area contributed by atoms with Gasteiger partial charge in [0.05, 0.1) is 0 Å². The molecule has 0 saturated carbocycles. The first-order valence-corrected chi connectivity index (χ1v) is 6.69. The van der Waals surface area contributed by atoms with E-state index in [-0.39, 0.29) is 12.5 Å². The summed E-state index contributed by atoms with van der Waals surface area (Å²) in [7, 11) is 0. The smallest absolute Gasteiger partial charge is 0.260 e. The maximum Gasteiger partial charge on any atom is 0.260 e. The number of hydrogen-bond donors (Lipinski definition) is 0. The van der Waals surface area contributed by atoms with Crippen molar-refractivity contribution in [2.45, 2.75) is 26.3 Å². The van der Waals surface area contributed by atoms with Gasteiger partial charge in [0.15, 0.2) is 6.61 Å². The van der Waals surface area contributed by atoms with Crippen molar-refractivity contribution in [3.8, 4) is 5.75 Å². The third-order valence-corrected chi connectivity index (χ3v) is 3.36. The number of carbonyl (C=O) groups is 1. The quantitative estimate of drug-likeness (QED) is 0.858. The van der Waals surface area contributed by atoms with Gasteiger partial charge in [0.2, 0.25) is 0 Å². The number of amides is 1. The molecule has 92 valence electrons. The monoisotopic (exact) mass is 297 g/mol. The number of benzene rings is 1. The Labute approximate surface area is 110 Å². The molecule has 17 heavy (non-hydrogen) atoms. The van der Waals surface area contributed by atoms with Gasteiger partial charge in [-0.2, -0.15) is 0 Å². The molecule has 2 rings (SSSR count). The van der Waals surface area contributed by atoms with E-state index in [1.165, 1.54) is 0 Å². The Morgan fingerprint density at radius 2 is 2.29 bits per heavy atom. The Balaban J connectivity index is 2.19. The minimum absolute atomic E-state index is 0.0748. The van der Waals surface area contributed by atoms with Gasteiger partial charge in [-0.3, -0.25) is 4.79 Å². The Morgan fingerprint density at radius 1 is 1.47 bits per heavy atom. The standard InChI is InChI=1S/C13H16BrNO2/c1-2-3-6-15-8-10-7-11(14)4-5-12(10)17-9-13(15)16/h4-5,7H,2-3,6,8-9H2,1H3. The maximum atomic E-state index is 11.9. The summed E-state index contributed by atoms with van der Waals surface area (Å²) in [6.07, 6.45) is 2.13. The molecular formula is C13H16BrNO2. The lowest BCUT2D eigenvalue weighted by Crippen LogP contribution is -2.33. The van der Waals surface area contributed by atoms with Gasteiger partial charge in [0.25, 0.3) is 5.91 Å². The number of ether oxygens (including phenoxy) is 1. The van der Waals surface area contributed by atoms with E-state index < -0.39 is 0 Å². The Morgan fingerprint density at radius 3 is 3.06 bits per heavy atom. The van der Waals surface area contributed by atoms with Crippen LogP contribution in [0.1, 0.15) is 25.3 Å². The van der Waals surface area contributed by atoms with E-state index in [1.54, 1.807) is 0 Å². The number of carbonyl (C=O) groups excluding carboxylic acids is 1. The summed E-state index contributed by atoms with van der Waals surface area (Å²) in [6.45, 7) is 3.74. The molecule has 0 atom stereocenters. The molecule has 1 aliphatic rings. The van der Waals surface area contributed by atoms with Crippen molar-refractivity contribution in [3.05, 3.63) is 28.2 Å². The predicted molar refractivity (Wildman–Crippen MR) is 70.0 cm³/mol.